The fourth-order valence-electron chi connectivity index (χ4n) is 2.77. The van der Waals surface area contributed by atoms with Gasteiger partial charge in [0.2, 0.25) is 0 Å². The first-order valence-electron chi connectivity index (χ1n) is 7.09. The molecule has 1 aliphatic heterocycles. The summed E-state index contributed by atoms with van der Waals surface area (Å²) in [5.41, 5.74) is 2.32. The van der Waals surface area contributed by atoms with Crippen LogP contribution in [0.25, 0.3) is 0 Å². The molecule has 1 aliphatic rings. The fraction of sp³-hybridized carbons (Fsp3) is 0.294. The zero-order chi connectivity index (χ0) is 13.8. The van der Waals surface area contributed by atoms with Crippen molar-refractivity contribution < 1.29 is 4.39 Å². The lowest BCUT2D eigenvalue weighted by atomic mass is 10.0. The summed E-state index contributed by atoms with van der Waals surface area (Å²) in [4.78, 5) is 2.26. The predicted molar refractivity (Wildman–Crippen MR) is 80.5 cm³/mol. The highest BCUT2D eigenvalue weighted by atomic mass is 19.1. The molecular weight excluding hydrogens is 251 g/mol. The number of piperazine rings is 1. The van der Waals surface area contributed by atoms with Gasteiger partial charge in [-0.25, -0.2) is 4.39 Å². The maximum atomic E-state index is 13.3. The Bertz CT molecular complexity index is 556. The lowest BCUT2D eigenvalue weighted by molar-refractivity contribution is 0.454. The smallest absolute Gasteiger partial charge is 0.125 e. The molecule has 2 aromatic rings. The van der Waals surface area contributed by atoms with Crippen molar-refractivity contribution in [2.75, 3.05) is 24.5 Å². The van der Waals surface area contributed by atoms with E-state index in [9.17, 15) is 4.39 Å². The second-order valence-electron chi connectivity index (χ2n) is 5.27. The van der Waals surface area contributed by atoms with Crippen molar-refractivity contribution in [2.24, 2.45) is 0 Å². The van der Waals surface area contributed by atoms with Gasteiger partial charge in [-0.1, -0.05) is 36.4 Å². The minimum absolute atomic E-state index is 0.166. The van der Waals surface area contributed by atoms with Crippen LogP contribution in [0.1, 0.15) is 5.56 Å². The molecule has 1 fully saturated rings. The number of anilines is 1. The molecule has 0 radical (unpaired) electrons. The van der Waals surface area contributed by atoms with Crippen LogP contribution in [0.15, 0.2) is 54.6 Å². The SMILES string of the molecule is Fc1cccc(N2CCNC(Cc3ccccc3)C2)c1. The lowest BCUT2D eigenvalue weighted by Crippen LogP contribution is -2.51. The molecule has 3 heteroatoms. The van der Waals surface area contributed by atoms with Crippen molar-refractivity contribution in [1.82, 2.24) is 5.32 Å². The lowest BCUT2D eigenvalue weighted by Gasteiger charge is -2.35. The Balaban J connectivity index is 1.67. The Morgan fingerprint density at radius 3 is 2.75 bits per heavy atom. The predicted octanol–water partition coefficient (Wildman–Crippen LogP) is 2.85. The monoisotopic (exact) mass is 270 g/mol. The summed E-state index contributed by atoms with van der Waals surface area (Å²) in [6.07, 6.45) is 1.01. The van der Waals surface area contributed by atoms with Gasteiger partial charge in [-0.15, -0.1) is 0 Å². The zero-order valence-electron chi connectivity index (χ0n) is 11.4. The molecule has 0 bridgehead atoms. The van der Waals surface area contributed by atoms with Crippen LogP contribution >= 0.6 is 0 Å². The molecule has 1 heterocycles. The van der Waals surface area contributed by atoms with Crippen LogP contribution in [-0.4, -0.2) is 25.7 Å². The molecule has 20 heavy (non-hydrogen) atoms. The normalized spacial score (nSPS) is 19.1. The Morgan fingerprint density at radius 2 is 1.95 bits per heavy atom. The highest BCUT2D eigenvalue weighted by Gasteiger charge is 2.19. The van der Waals surface area contributed by atoms with Crippen molar-refractivity contribution in [3.05, 3.63) is 66.0 Å². The summed E-state index contributed by atoms with van der Waals surface area (Å²) in [5.74, 6) is -0.166. The third-order valence-corrected chi connectivity index (χ3v) is 3.75. The average Bonchev–Trinajstić information content (AvgIpc) is 2.49. The van der Waals surface area contributed by atoms with E-state index in [-0.39, 0.29) is 5.82 Å². The third-order valence-electron chi connectivity index (χ3n) is 3.75. The van der Waals surface area contributed by atoms with Gasteiger partial charge < -0.3 is 10.2 Å². The summed E-state index contributed by atoms with van der Waals surface area (Å²) in [6.45, 7) is 2.78. The molecule has 0 spiro atoms. The molecule has 104 valence electrons. The summed E-state index contributed by atoms with van der Waals surface area (Å²) in [5, 5.41) is 3.55. The highest BCUT2D eigenvalue weighted by Crippen LogP contribution is 2.18. The molecule has 1 atom stereocenters. The van der Waals surface area contributed by atoms with Gasteiger partial charge in [-0.05, 0) is 30.2 Å². The van der Waals surface area contributed by atoms with E-state index in [1.165, 1.54) is 11.6 Å². The summed E-state index contributed by atoms with van der Waals surface area (Å²) in [6, 6.07) is 17.8. The summed E-state index contributed by atoms with van der Waals surface area (Å²) >= 11 is 0. The Morgan fingerprint density at radius 1 is 1.10 bits per heavy atom. The number of nitrogens with zero attached hydrogens (tertiary/aromatic N) is 1. The van der Waals surface area contributed by atoms with Crippen LogP contribution < -0.4 is 10.2 Å². The van der Waals surface area contributed by atoms with Gasteiger partial charge in [-0.3, -0.25) is 0 Å². The van der Waals surface area contributed by atoms with Crippen molar-refractivity contribution in [2.45, 2.75) is 12.5 Å². The van der Waals surface area contributed by atoms with Crippen LogP contribution in [0.5, 0.6) is 0 Å². The number of hydrogen-bond donors (Lipinski definition) is 1. The molecule has 0 saturated carbocycles. The van der Waals surface area contributed by atoms with E-state index in [0.717, 1.165) is 31.7 Å². The third kappa shape index (κ3) is 3.17. The highest BCUT2D eigenvalue weighted by molar-refractivity contribution is 5.47. The number of hydrogen-bond acceptors (Lipinski definition) is 2. The van der Waals surface area contributed by atoms with E-state index in [2.05, 4.69) is 34.5 Å². The number of halogens is 1. The molecule has 3 rings (SSSR count). The Labute approximate surface area is 119 Å². The van der Waals surface area contributed by atoms with Gasteiger partial charge >= 0.3 is 0 Å². The van der Waals surface area contributed by atoms with E-state index in [1.807, 2.05) is 12.1 Å². The van der Waals surface area contributed by atoms with Gasteiger partial charge in [0.05, 0.1) is 0 Å². The Kier molecular flexibility index (Phi) is 3.97. The Hall–Kier alpha value is -1.87. The molecule has 1 saturated heterocycles. The van der Waals surface area contributed by atoms with Crippen LogP contribution in [0.2, 0.25) is 0 Å². The largest absolute Gasteiger partial charge is 0.369 e. The van der Waals surface area contributed by atoms with Crippen molar-refractivity contribution >= 4 is 5.69 Å². The fourth-order valence-corrected chi connectivity index (χ4v) is 2.77. The molecule has 1 unspecified atom stereocenters. The van der Waals surface area contributed by atoms with E-state index in [0.29, 0.717) is 6.04 Å². The van der Waals surface area contributed by atoms with Crippen molar-refractivity contribution in [3.8, 4) is 0 Å². The summed E-state index contributed by atoms with van der Waals surface area (Å²) in [7, 11) is 0. The molecule has 0 aromatic heterocycles. The first-order valence-corrected chi connectivity index (χ1v) is 7.09. The van der Waals surface area contributed by atoms with Crippen molar-refractivity contribution in [3.63, 3.8) is 0 Å². The van der Waals surface area contributed by atoms with Gasteiger partial charge in [0.25, 0.3) is 0 Å². The maximum absolute atomic E-state index is 13.3. The van der Waals surface area contributed by atoms with Gasteiger partial charge in [0, 0.05) is 31.4 Å². The molecule has 2 aromatic carbocycles. The second kappa shape index (κ2) is 6.06. The summed E-state index contributed by atoms with van der Waals surface area (Å²) < 4.78 is 13.3. The van der Waals surface area contributed by atoms with Crippen LogP contribution in [0, 0.1) is 5.82 Å². The van der Waals surface area contributed by atoms with Crippen molar-refractivity contribution in [1.29, 1.82) is 0 Å². The first kappa shape index (κ1) is 13.1. The topological polar surface area (TPSA) is 15.3 Å². The quantitative estimate of drug-likeness (QED) is 0.922. The van der Waals surface area contributed by atoms with Gasteiger partial charge in [-0.2, -0.15) is 0 Å². The van der Waals surface area contributed by atoms with E-state index >= 15 is 0 Å². The van der Waals surface area contributed by atoms with E-state index in [4.69, 9.17) is 0 Å². The number of benzene rings is 2. The second-order valence-corrected chi connectivity index (χ2v) is 5.27. The number of rotatable bonds is 3. The standard InChI is InChI=1S/C17H19FN2/c18-15-7-4-8-17(12-15)20-10-9-19-16(13-20)11-14-5-2-1-3-6-14/h1-8,12,16,19H,9-11,13H2. The molecule has 1 N–H and O–H groups in total. The van der Waals surface area contributed by atoms with E-state index < -0.39 is 0 Å². The molecule has 2 nitrogen and oxygen atoms in total. The van der Waals surface area contributed by atoms with Crippen LogP contribution in [0.4, 0.5) is 10.1 Å². The van der Waals surface area contributed by atoms with Crippen LogP contribution in [-0.2, 0) is 6.42 Å². The van der Waals surface area contributed by atoms with Gasteiger partial charge in [0.1, 0.15) is 5.82 Å². The minimum Gasteiger partial charge on any atom is -0.369 e. The average molecular weight is 270 g/mol. The zero-order valence-corrected chi connectivity index (χ0v) is 11.4. The maximum Gasteiger partial charge on any atom is 0.125 e. The van der Waals surface area contributed by atoms with E-state index in [1.54, 1.807) is 12.1 Å². The van der Waals surface area contributed by atoms with Crippen LogP contribution in [0.3, 0.4) is 0 Å². The molecular formula is C17H19FN2. The number of nitrogens with one attached hydrogen (secondary N) is 1. The first-order chi connectivity index (χ1) is 9.81. The van der Waals surface area contributed by atoms with Gasteiger partial charge in [0.15, 0.2) is 0 Å². The molecule has 0 amide bonds. The minimum atomic E-state index is -0.166. The molecule has 0 aliphatic carbocycles.